The third-order valence-corrected chi connectivity index (χ3v) is 4.67. The fourth-order valence-electron chi connectivity index (χ4n) is 3.61. The topological polar surface area (TPSA) is 52.7 Å². The number of likely N-dealkylation sites (N-methyl/N-ethyl adjacent to an activating group) is 1. The van der Waals surface area contributed by atoms with Gasteiger partial charge in [-0.1, -0.05) is 0 Å². The molecule has 0 aromatic heterocycles. The first-order valence-electron chi connectivity index (χ1n) is 6.97. The molecule has 5 heteroatoms. The summed E-state index contributed by atoms with van der Waals surface area (Å²) < 4.78 is 0. The molecule has 0 saturated carbocycles. The highest BCUT2D eigenvalue weighted by Gasteiger charge is 2.40. The van der Waals surface area contributed by atoms with Crippen LogP contribution >= 0.6 is 0 Å². The molecule has 0 radical (unpaired) electrons. The Labute approximate surface area is 107 Å². The zero-order valence-corrected chi connectivity index (χ0v) is 10.9. The summed E-state index contributed by atoms with van der Waals surface area (Å²) in [6.45, 7) is 2.36. The van der Waals surface area contributed by atoms with Gasteiger partial charge in [-0.15, -0.1) is 0 Å². The number of carbonyl (C=O) groups is 2. The van der Waals surface area contributed by atoms with E-state index in [2.05, 4.69) is 10.2 Å². The molecule has 100 valence electrons. The molecule has 0 aromatic carbocycles. The van der Waals surface area contributed by atoms with Gasteiger partial charge in [-0.2, -0.15) is 0 Å². The summed E-state index contributed by atoms with van der Waals surface area (Å²) in [7, 11) is 1.59. The van der Waals surface area contributed by atoms with Gasteiger partial charge in [0.1, 0.15) is 0 Å². The van der Waals surface area contributed by atoms with Crippen molar-refractivity contribution in [2.75, 3.05) is 20.1 Å². The van der Waals surface area contributed by atoms with E-state index >= 15 is 0 Å². The van der Waals surface area contributed by atoms with E-state index in [9.17, 15) is 9.59 Å². The van der Waals surface area contributed by atoms with E-state index < -0.39 is 0 Å². The summed E-state index contributed by atoms with van der Waals surface area (Å²) in [6.07, 6.45) is 4.80. The van der Waals surface area contributed by atoms with Gasteiger partial charge < -0.3 is 5.32 Å². The Morgan fingerprint density at radius 2 is 2.00 bits per heavy atom. The van der Waals surface area contributed by atoms with Crippen LogP contribution in [-0.2, 0) is 9.59 Å². The third kappa shape index (κ3) is 1.95. The Bertz CT molecular complexity index is 371. The molecular formula is C13H21N3O2. The van der Waals surface area contributed by atoms with Crippen LogP contribution in [0.15, 0.2) is 0 Å². The van der Waals surface area contributed by atoms with Crippen LogP contribution in [0.25, 0.3) is 0 Å². The molecule has 3 rings (SSSR count). The molecule has 3 heterocycles. The molecule has 3 saturated heterocycles. The van der Waals surface area contributed by atoms with Gasteiger partial charge in [-0.05, 0) is 32.2 Å². The van der Waals surface area contributed by atoms with Crippen LogP contribution in [0, 0.1) is 0 Å². The maximum absolute atomic E-state index is 12.0. The monoisotopic (exact) mass is 251 g/mol. The van der Waals surface area contributed by atoms with Crippen molar-refractivity contribution in [3.63, 3.8) is 0 Å². The molecule has 0 spiro atoms. The molecule has 1 N–H and O–H groups in total. The first-order chi connectivity index (χ1) is 8.66. The second-order valence-electron chi connectivity index (χ2n) is 5.69. The molecule has 3 fully saturated rings. The second kappa shape index (κ2) is 4.63. The number of nitrogens with zero attached hydrogens (tertiary/aromatic N) is 2. The molecule has 0 aromatic rings. The fraction of sp³-hybridized carbons (Fsp3) is 0.846. The molecule has 3 aliphatic rings. The Morgan fingerprint density at radius 3 is 2.83 bits per heavy atom. The van der Waals surface area contributed by atoms with Crippen LogP contribution in [0.1, 0.15) is 32.1 Å². The minimum atomic E-state index is -0.154. The highest BCUT2D eigenvalue weighted by atomic mass is 16.2. The molecule has 18 heavy (non-hydrogen) atoms. The number of piperidine rings is 1. The van der Waals surface area contributed by atoms with Crippen LogP contribution in [-0.4, -0.2) is 59.9 Å². The normalized spacial score (nSPS) is 37.4. The maximum atomic E-state index is 12.0. The van der Waals surface area contributed by atoms with Crippen LogP contribution < -0.4 is 5.32 Å². The summed E-state index contributed by atoms with van der Waals surface area (Å²) >= 11 is 0. The van der Waals surface area contributed by atoms with E-state index in [1.165, 1.54) is 24.3 Å². The summed E-state index contributed by atoms with van der Waals surface area (Å²) in [4.78, 5) is 27.3. The van der Waals surface area contributed by atoms with Crippen molar-refractivity contribution < 1.29 is 9.59 Å². The predicted octanol–water partition coefficient (Wildman–Crippen LogP) is -0.0399. The Morgan fingerprint density at radius 1 is 1.17 bits per heavy atom. The van der Waals surface area contributed by atoms with Gasteiger partial charge in [0, 0.05) is 32.1 Å². The summed E-state index contributed by atoms with van der Waals surface area (Å²) in [6, 6.07) is 0.891. The van der Waals surface area contributed by atoms with Crippen LogP contribution in [0.2, 0.25) is 0 Å². The van der Waals surface area contributed by atoms with Crippen LogP contribution in [0.4, 0.5) is 0 Å². The molecule has 5 nitrogen and oxygen atoms in total. The van der Waals surface area contributed by atoms with Crippen molar-refractivity contribution >= 4 is 11.8 Å². The predicted molar refractivity (Wildman–Crippen MR) is 66.9 cm³/mol. The Kier molecular flexibility index (Phi) is 3.11. The second-order valence-corrected chi connectivity index (χ2v) is 5.69. The van der Waals surface area contributed by atoms with Gasteiger partial charge in [0.2, 0.25) is 11.8 Å². The highest BCUT2D eigenvalue weighted by Crippen LogP contribution is 2.28. The van der Waals surface area contributed by atoms with Crippen LogP contribution in [0.3, 0.4) is 0 Å². The molecular weight excluding hydrogens is 230 g/mol. The molecule has 3 aliphatic heterocycles. The standard InChI is InChI=1S/C13H21N3O2/c1-15-12(17)5-4-10(13(15)18)14-9-6-8-16-7-2-3-11(9)16/h9-11,14H,2-8H2,1H3. The van der Waals surface area contributed by atoms with Crippen molar-refractivity contribution in [3.05, 3.63) is 0 Å². The number of fused-ring (bicyclic) bond motifs is 1. The van der Waals surface area contributed by atoms with E-state index in [1.807, 2.05) is 0 Å². The molecule has 0 bridgehead atoms. The van der Waals surface area contributed by atoms with Crippen molar-refractivity contribution in [2.45, 2.75) is 50.2 Å². The number of likely N-dealkylation sites (tertiary alicyclic amines) is 1. The number of imide groups is 1. The largest absolute Gasteiger partial charge is 0.301 e. The molecule has 3 atom stereocenters. The van der Waals surface area contributed by atoms with E-state index in [1.54, 1.807) is 7.05 Å². The van der Waals surface area contributed by atoms with E-state index in [4.69, 9.17) is 0 Å². The van der Waals surface area contributed by atoms with E-state index in [0.29, 0.717) is 24.9 Å². The maximum Gasteiger partial charge on any atom is 0.246 e. The SMILES string of the molecule is CN1C(=O)CCC(NC2CCN3CCCC23)C1=O. The van der Waals surface area contributed by atoms with Crippen molar-refractivity contribution in [1.82, 2.24) is 15.1 Å². The smallest absolute Gasteiger partial charge is 0.246 e. The van der Waals surface area contributed by atoms with Crippen molar-refractivity contribution in [1.29, 1.82) is 0 Å². The third-order valence-electron chi connectivity index (χ3n) is 4.67. The molecule has 0 aliphatic carbocycles. The molecule has 3 unspecified atom stereocenters. The zero-order chi connectivity index (χ0) is 12.7. The Hall–Kier alpha value is -0.940. The van der Waals surface area contributed by atoms with Gasteiger partial charge >= 0.3 is 0 Å². The number of hydrogen-bond donors (Lipinski definition) is 1. The number of hydrogen-bond acceptors (Lipinski definition) is 4. The van der Waals surface area contributed by atoms with Gasteiger partial charge in [0.05, 0.1) is 6.04 Å². The lowest BCUT2D eigenvalue weighted by Gasteiger charge is -2.32. The van der Waals surface area contributed by atoms with Gasteiger partial charge in [-0.3, -0.25) is 19.4 Å². The lowest BCUT2D eigenvalue weighted by atomic mass is 10.0. The van der Waals surface area contributed by atoms with Gasteiger partial charge in [0.25, 0.3) is 0 Å². The highest BCUT2D eigenvalue weighted by molar-refractivity contribution is 6.00. The number of carbonyl (C=O) groups excluding carboxylic acids is 2. The first-order valence-corrected chi connectivity index (χ1v) is 6.97. The summed E-state index contributed by atoms with van der Waals surface area (Å²) in [5.74, 6) is -0.102. The summed E-state index contributed by atoms with van der Waals surface area (Å²) in [5, 5.41) is 3.50. The lowest BCUT2D eigenvalue weighted by Crippen LogP contribution is -2.55. The van der Waals surface area contributed by atoms with Crippen molar-refractivity contribution in [2.24, 2.45) is 0 Å². The number of nitrogens with one attached hydrogen (secondary N) is 1. The molecule has 2 amide bonds. The number of amides is 2. The summed E-state index contributed by atoms with van der Waals surface area (Å²) in [5.41, 5.74) is 0. The van der Waals surface area contributed by atoms with Crippen molar-refractivity contribution in [3.8, 4) is 0 Å². The minimum absolute atomic E-state index is 0.0491. The average molecular weight is 251 g/mol. The van der Waals surface area contributed by atoms with Crippen LogP contribution in [0.5, 0.6) is 0 Å². The minimum Gasteiger partial charge on any atom is -0.301 e. The van der Waals surface area contributed by atoms with Gasteiger partial charge in [-0.25, -0.2) is 0 Å². The first kappa shape index (κ1) is 12.1. The van der Waals surface area contributed by atoms with E-state index in [-0.39, 0.29) is 17.9 Å². The van der Waals surface area contributed by atoms with E-state index in [0.717, 1.165) is 13.0 Å². The number of rotatable bonds is 2. The zero-order valence-electron chi connectivity index (χ0n) is 10.9. The lowest BCUT2D eigenvalue weighted by molar-refractivity contribution is -0.148. The fourth-order valence-corrected chi connectivity index (χ4v) is 3.61. The average Bonchev–Trinajstić information content (AvgIpc) is 2.94. The van der Waals surface area contributed by atoms with Gasteiger partial charge in [0.15, 0.2) is 0 Å². The Balaban J connectivity index is 1.63. The quantitative estimate of drug-likeness (QED) is 0.700.